The van der Waals surface area contributed by atoms with E-state index >= 15 is 0 Å². The molecule has 0 aliphatic carbocycles. The molecule has 2 N–H and O–H groups in total. The van der Waals surface area contributed by atoms with Crippen LogP contribution in [0.25, 0.3) is 0 Å². The van der Waals surface area contributed by atoms with Gasteiger partial charge in [0.2, 0.25) is 0 Å². The molecular formula is C15H18N2S. The molecule has 94 valence electrons. The Kier molecular flexibility index (Phi) is 3.10. The lowest BCUT2D eigenvalue weighted by Gasteiger charge is -2.13. The van der Waals surface area contributed by atoms with Gasteiger partial charge in [-0.2, -0.15) is 0 Å². The normalized spacial score (nSPS) is 14.9. The van der Waals surface area contributed by atoms with E-state index in [4.69, 9.17) is 5.73 Å². The predicted molar refractivity (Wildman–Crippen MR) is 77.5 cm³/mol. The third kappa shape index (κ3) is 2.16. The molecule has 2 nitrogen and oxygen atoms in total. The van der Waals surface area contributed by atoms with Gasteiger partial charge in [0.05, 0.1) is 0 Å². The van der Waals surface area contributed by atoms with Crippen molar-refractivity contribution in [1.82, 2.24) is 4.90 Å². The van der Waals surface area contributed by atoms with Crippen LogP contribution in [-0.4, -0.2) is 4.90 Å². The number of fused-ring (bicyclic) bond motifs is 1. The second-order valence-electron chi connectivity index (χ2n) is 4.85. The molecule has 2 heterocycles. The average molecular weight is 258 g/mol. The molecule has 0 spiro atoms. The van der Waals surface area contributed by atoms with Crippen molar-refractivity contribution in [3.63, 3.8) is 0 Å². The summed E-state index contributed by atoms with van der Waals surface area (Å²) >= 11 is 1.93. The Balaban J connectivity index is 1.72. The summed E-state index contributed by atoms with van der Waals surface area (Å²) in [4.78, 5) is 5.39. The number of nitrogens with zero attached hydrogens (tertiary/aromatic N) is 1. The molecule has 0 saturated heterocycles. The molecule has 0 unspecified atom stereocenters. The summed E-state index contributed by atoms with van der Waals surface area (Å²) in [6, 6.07) is 10.8. The second kappa shape index (κ2) is 4.75. The summed E-state index contributed by atoms with van der Waals surface area (Å²) in [6.45, 7) is 5.27. The van der Waals surface area contributed by atoms with Gasteiger partial charge in [-0.3, -0.25) is 4.90 Å². The van der Waals surface area contributed by atoms with Gasteiger partial charge in [-0.05, 0) is 35.7 Å². The van der Waals surface area contributed by atoms with Crippen molar-refractivity contribution in [2.75, 3.05) is 5.73 Å². The van der Waals surface area contributed by atoms with E-state index in [1.165, 1.54) is 20.9 Å². The topological polar surface area (TPSA) is 29.3 Å². The SMILES string of the molecule is CCc1ccc(CN2Cc3cccc(N)c3C2)s1. The van der Waals surface area contributed by atoms with E-state index in [0.29, 0.717) is 0 Å². The van der Waals surface area contributed by atoms with Gasteiger partial charge in [0, 0.05) is 35.1 Å². The largest absolute Gasteiger partial charge is 0.398 e. The van der Waals surface area contributed by atoms with E-state index in [-0.39, 0.29) is 0 Å². The molecular weight excluding hydrogens is 240 g/mol. The zero-order valence-corrected chi connectivity index (χ0v) is 11.5. The van der Waals surface area contributed by atoms with Crippen LogP contribution in [0.2, 0.25) is 0 Å². The number of benzene rings is 1. The summed E-state index contributed by atoms with van der Waals surface area (Å²) in [5, 5.41) is 0. The van der Waals surface area contributed by atoms with E-state index in [1.807, 2.05) is 17.4 Å². The van der Waals surface area contributed by atoms with Gasteiger partial charge in [-0.15, -0.1) is 11.3 Å². The summed E-state index contributed by atoms with van der Waals surface area (Å²) in [6.07, 6.45) is 1.14. The molecule has 0 saturated carbocycles. The fraction of sp³-hybridized carbons (Fsp3) is 0.333. The minimum Gasteiger partial charge on any atom is -0.398 e. The zero-order valence-electron chi connectivity index (χ0n) is 10.6. The van der Waals surface area contributed by atoms with Crippen LogP contribution in [0.5, 0.6) is 0 Å². The number of anilines is 1. The van der Waals surface area contributed by atoms with Crippen molar-refractivity contribution in [2.24, 2.45) is 0 Å². The van der Waals surface area contributed by atoms with E-state index in [9.17, 15) is 0 Å². The molecule has 1 aliphatic heterocycles. The maximum absolute atomic E-state index is 6.03. The first-order valence-corrected chi connectivity index (χ1v) is 7.24. The predicted octanol–water partition coefficient (Wildman–Crippen LogP) is 3.41. The number of thiophene rings is 1. The fourth-order valence-electron chi connectivity index (χ4n) is 2.55. The van der Waals surface area contributed by atoms with Crippen LogP contribution in [0, 0.1) is 0 Å². The van der Waals surface area contributed by atoms with Crippen LogP contribution in [-0.2, 0) is 26.1 Å². The highest BCUT2D eigenvalue weighted by Crippen LogP contribution is 2.29. The van der Waals surface area contributed by atoms with E-state index < -0.39 is 0 Å². The molecule has 1 aliphatic rings. The third-order valence-corrected chi connectivity index (χ3v) is 4.74. The maximum atomic E-state index is 6.03. The number of nitrogen functional groups attached to an aromatic ring is 1. The molecule has 3 rings (SSSR count). The van der Waals surface area contributed by atoms with Gasteiger partial charge in [-0.1, -0.05) is 19.1 Å². The van der Waals surface area contributed by atoms with Crippen molar-refractivity contribution in [2.45, 2.75) is 33.0 Å². The van der Waals surface area contributed by atoms with Gasteiger partial charge < -0.3 is 5.73 Å². The van der Waals surface area contributed by atoms with E-state index in [0.717, 1.165) is 31.7 Å². The smallest absolute Gasteiger partial charge is 0.0363 e. The van der Waals surface area contributed by atoms with Gasteiger partial charge >= 0.3 is 0 Å². The highest BCUT2D eigenvalue weighted by molar-refractivity contribution is 7.11. The van der Waals surface area contributed by atoms with Crippen molar-refractivity contribution < 1.29 is 0 Å². The van der Waals surface area contributed by atoms with Crippen molar-refractivity contribution in [1.29, 1.82) is 0 Å². The van der Waals surface area contributed by atoms with Crippen LogP contribution < -0.4 is 5.73 Å². The number of hydrogen-bond acceptors (Lipinski definition) is 3. The van der Waals surface area contributed by atoms with Gasteiger partial charge in [0.25, 0.3) is 0 Å². The molecule has 0 atom stereocenters. The van der Waals surface area contributed by atoms with Crippen molar-refractivity contribution in [3.05, 3.63) is 51.2 Å². The van der Waals surface area contributed by atoms with Gasteiger partial charge in [0.1, 0.15) is 0 Å². The Morgan fingerprint density at radius 2 is 2.00 bits per heavy atom. The highest BCUT2D eigenvalue weighted by atomic mass is 32.1. The monoisotopic (exact) mass is 258 g/mol. The number of rotatable bonds is 3. The van der Waals surface area contributed by atoms with E-state index in [2.05, 4.69) is 36.1 Å². The Labute approximate surface area is 112 Å². The molecule has 0 bridgehead atoms. The molecule has 18 heavy (non-hydrogen) atoms. The molecule has 1 aromatic carbocycles. The molecule has 0 fully saturated rings. The Morgan fingerprint density at radius 3 is 2.72 bits per heavy atom. The molecule has 0 radical (unpaired) electrons. The zero-order chi connectivity index (χ0) is 12.5. The lowest BCUT2D eigenvalue weighted by Crippen LogP contribution is -2.14. The van der Waals surface area contributed by atoms with E-state index in [1.54, 1.807) is 0 Å². The highest BCUT2D eigenvalue weighted by Gasteiger charge is 2.20. The van der Waals surface area contributed by atoms with Crippen molar-refractivity contribution >= 4 is 17.0 Å². The lowest BCUT2D eigenvalue weighted by molar-refractivity contribution is 0.278. The number of nitrogens with two attached hydrogens (primary N) is 1. The molecule has 0 amide bonds. The Bertz CT molecular complexity index is 559. The Morgan fingerprint density at radius 1 is 1.17 bits per heavy atom. The lowest BCUT2D eigenvalue weighted by atomic mass is 10.1. The van der Waals surface area contributed by atoms with Crippen LogP contribution in [0.15, 0.2) is 30.3 Å². The summed E-state index contributed by atoms with van der Waals surface area (Å²) in [5.74, 6) is 0. The third-order valence-electron chi connectivity index (χ3n) is 3.53. The second-order valence-corrected chi connectivity index (χ2v) is 6.10. The summed E-state index contributed by atoms with van der Waals surface area (Å²) in [5.41, 5.74) is 9.68. The minimum absolute atomic E-state index is 0.940. The average Bonchev–Trinajstić information content (AvgIpc) is 2.96. The molecule has 2 aromatic rings. The maximum Gasteiger partial charge on any atom is 0.0363 e. The van der Waals surface area contributed by atoms with Gasteiger partial charge in [0.15, 0.2) is 0 Å². The Hall–Kier alpha value is -1.32. The molecule has 1 aromatic heterocycles. The number of aryl methyl sites for hydroxylation is 1. The fourth-order valence-corrected chi connectivity index (χ4v) is 3.55. The first kappa shape index (κ1) is 11.8. The van der Waals surface area contributed by atoms with Gasteiger partial charge in [-0.25, -0.2) is 0 Å². The standard InChI is InChI=1S/C15H18N2S/c1-2-12-6-7-13(18-12)9-17-8-11-4-3-5-15(16)14(11)10-17/h3-7H,2,8-10,16H2,1H3. The first-order chi connectivity index (χ1) is 8.76. The van der Waals surface area contributed by atoms with Crippen LogP contribution in [0.3, 0.4) is 0 Å². The van der Waals surface area contributed by atoms with Crippen LogP contribution in [0.4, 0.5) is 5.69 Å². The minimum atomic E-state index is 0.940. The summed E-state index contributed by atoms with van der Waals surface area (Å²) in [7, 11) is 0. The first-order valence-electron chi connectivity index (χ1n) is 6.42. The molecule has 3 heteroatoms. The quantitative estimate of drug-likeness (QED) is 0.855. The van der Waals surface area contributed by atoms with Crippen LogP contribution in [0.1, 0.15) is 27.8 Å². The number of hydrogen-bond donors (Lipinski definition) is 1. The van der Waals surface area contributed by atoms with Crippen molar-refractivity contribution in [3.8, 4) is 0 Å². The summed E-state index contributed by atoms with van der Waals surface area (Å²) < 4.78 is 0. The van der Waals surface area contributed by atoms with Crippen LogP contribution >= 0.6 is 11.3 Å².